The molecule has 2 nitrogen and oxygen atoms in total. The van der Waals surface area contributed by atoms with Gasteiger partial charge in [0, 0.05) is 15.4 Å². The van der Waals surface area contributed by atoms with Gasteiger partial charge in [0.2, 0.25) is 0 Å². The molecular weight excluding hydrogens is 312 g/mol. The summed E-state index contributed by atoms with van der Waals surface area (Å²) in [6.45, 7) is 0. The van der Waals surface area contributed by atoms with Gasteiger partial charge in [-0.3, -0.25) is 0 Å². The summed E-state index contributed by atoms with van der Waals surface area (Å²) in [5.74, 6) is 0. The van der Waals surface area contributed by atoms with Crippen molar-refractivity contribution in [3.8, 4) is 11.3 Å². The van der Waals surface area contributed by atoms with Crippen molar-refractivity contribution in [3.05, 3.63) is 71.2 Å². The molecule has 0 unspecified atom stereocenters. The van der Waals surface area contributed by atoms with Crippen molar-refractivity contribution < 1.29 is 0 Å². The van der Waals surface area contributed by atoms with E-state index in [-0.39, 0.29) is 0 Å². The van der Waals surface area contributed by atoms with Crippen molar-refractivity contribution in [1.82, 2.24) is 9.61 Å². The fourth-order valence-electron chi connectivity index (χ4n) is 2.47. The Morgan fingerprint density at radius 1 is 0.850 bits per heavy atom. The van der Waals surface area contributed by atoms with Crippen molar-refractivity contribution in [2.45, 2.75) is 0 Å². The van der Waals surface area contributed by atoms with E-state index in [2.05, 4.69) is 58.4 Å². The molecule has 0 aliphatic heterocycles. The number of halogens is 1. The Hall–Kier alpha value is -2.13. The quantitative estimate of drug-likeness (QED) is 0.486. The van der Waals surface area contributed by atoms with Crippen LogP contribution in [0.5, 0.6) is 0 Å². The summed E-state index contributed by atoms with van der Waals surface area (Å²) < 4.78 is 3.09. The maximum absolute atomic E-state index is 4.74. The Morgan fingerprint density at radius 2 is 1.65 bits per heavy atom. The molecule has 0 saturated carbocycles. The van der Waals surface area contributed by atoms with Crippen LogP contribution in [0.1, 0.15) is 0 Å². The number of para-hydroxylation sites is 1. The van der Waals surface area contributed by atoms with Gasteiger partial charge in [0.1, 0.15) is 0 Å². The van der Waals surface area contributed by atoms with Crippen LogP contribution in [0, 0.1) is 0 Å². The normalized spacial score (nSPS) is 11.2. The van der Waals surface area contributed by atoms with Crippen LogP contribution in [0.15, 0.2) is 71.2 Å². The van der Waals surface area contributed by atoms with Crippen molar-refractivity contribution in [2.24, 2.45) is 0 Å². The highest BCUT2D eigenvalue weighted by Crippen LogP contribution is 2.24. The maximum Gasteiger partial charge on any atom is 0.0933 e. The number of rotatable bonds is 1. The number of aromatic nitrogens is 2. The van der Waals surface area contributed by atoms with Crippen molar-refractivity contribution >= 4 is 32.3 Å². The van der Waals surface area contributed by atoms with Gasteiger partial charge in [0.05, 0.1) is 16.7 Å². The van der Waals surface area contributed by atoms with Gasteiger partial charge in [0.25, 0.3) is 0 Å². The summed E-state index contributed by atoms with van der Waals surface area (Å²) >= 11 is 3.46. The van der Waals surface area contributed by atoms with Crippen molar-refractivity contribution in [1.29, 1.82) is 0 Å². The highest BCUT2D eigenvalue weighted by atomic mass is 79.9. The third kappa shape index (κ3) is 1.82. The molecule has 20 heavy (non-hydrogen) atoms. The molecule has 96 valence electrons. The molecule has 2 aromatic heterocycles. The minimum atomic E-state index is 0.994. The van der Waals surface area contributed by atoms with Gasteiger partial charge in [-0.2, -0.15) is 5.10 Å². The highest BCUT2D eigenvalue weighted by Gasteiger charge is 2.06. The Bertz CT molecular complexity index is 907. The number of hydrogen-bond donors (Lipinski definition) is 0. The monoisotopic (exact) mass is 322 g/mol. The molecule has 0 aliphatic rings. The van der Waals surface area contributed by atoms with Crippen molar-refractivity contribution in [3.63, 3.8) is 0 Å². The zero-order chi connectivity index (χ0) is 13.5. The van der Waals surface area contributed by atoms with Crippen LogP contribution < -0.4 is 0 Å². The predicted octanol–water partition coefficient (Wildman–Crippen LogP) is 4.92. The van der Waals surface area contributed by atoms with E-state index in [0.29, 0.717) is 0 Å². The molecule has 0 saturated heterocycles. The van der Waals surface area contributed by atoms with E-state index >= 15 is 0 Å². The van der Waals surface area contributed by atoms with Crippen LogP contribution in [-0.2, 0) is 0 Å². The number of nitrogens with zero attached hydrogens (tertiary/aromatic N) is 2. The standard InChI is InChI=1S/C17H11BrN2/c18-14-8-5-12(6-9-14)16-11-15-10-7-13-3-1-2-4-17(13)20(15)19-16/h1-11H. The lowest BCUT2D eigenvalue weighted by atomic mass is 10.1. The molecule has 2 heterocycles. The molecule has 3 heteroatoms. The van der Waals surface area contributed by atoms with Gasteiger partial charge in [-0.05, 0) is 30.3 Å². The third-order valence-electron chi connectivity index (χ3n) is 3.48. The molecule has 0 N–H and O–H groups in total. The highest BCUT2D eigenvalue weighted by molar-refractivity contribution is 9.10. The summed E-state index contributed by atoms with van der Waals surface area (Å²) in [5, 5.41) is 5.94. The molecule has 0 atom stereocenters. The summed E-state index contributed by atoms with van der Waals surface area (Å²) in [5.41, 5.74) is 4.37. The Labute approximate surface area is 124 Å². The maximum atomic E-state index is 4.74. The lowest BCUT2D eigenvalue weighted by Gasteiger charge is -2.00. The van der Waals surface area contributed by atoms with E-state index < -0.39 is 0 Å². The second kappa shape index (κ2) is 4.46. The fraction of sp³-hybridized carbons (Fsp3) is 0. The van der Waals surface area contributed by atoms with E-state index in [4.69, 9.17) is 5.10 Å². The van der Waals surface area contributed by atoms with Crippen molar-refractivity contribution in [2.75, 3.05) is 0 Å². The number of pyridine rings is 1. The van der Waals surface area contributed by atoms with Gasteiger partial charge in [-0.15, -0.1) is 0 Å². The number of benzene rings is 2. The number of hydrogen-bond acceptors (Lipinski definition) is 1. The molecule has 2 aromatic carbocycles. The second-order valence-electron chi connectivity index (χ2n) is 4.77. The van der Waals surface area contributed by atoms with E-state index in [0.717, 1.165) is 26.8 Å². The first-order chi connectivity index (χ1) is 9.81. The predicted molar refractivity (Wildman–Crippen MR) is 85.8 cm³/mol. The average molecular weight is 323 g/mol. The molecule has 4 rings (SSSR count). The Kier molecular flexibility index (Phi) is 2.60. The van der Waals surface area contributed by atoms with E-state index in [1.54, 1.807) is 0 Å². The molecule has 0 spiro atoms. The first-order valence-corrected chi connectivity index (χ1v) is 7.24. The smallest absolute Gasteiger partial charge is 0.0933 e. The summed E-state index contributed by atoms with van der Waals surface area (Å²) in [6.07, 6.45) is 0. The lowest BCUT2D eigenvalue weighted by Crippen LogP contribution is -1.89. The van der Waals surface area contributed by atoms with E-state index in [9.17, 15) is 0 Å². The third-order valence-corrected chi connectivity index (χ3v) is 4.00. The minimum absolute atomic E-state index is 0.994. The Morgan fingerprint density at radius 3 is 2.50 bits per heavy atom. The van der Waals surface area contributed by atoms with Gasteiger partial charge in [-0.25, -0.2) is 4.52 Å². The van der Waals surface area contributed by atoms with Gasteiger partial charge < -0.3 is 0 Å². The lowest BCUT2D eigenvalue weighted by molar-refractivity contribution is 1.01. The van der Waals surface area contributed by atoms with Crippen LogP contribution in [-0.4, -0.2) is 9.61 Å². The van der Waals surface area contributed by atoms with Crippen LogP contribution >= 0.6 is 15.9 Å². The first kappa shape index (κ1) is 11.7. The van der Waals surface area contributed by atoms with Crippen LogP contribution in [0.4, 0.5) is 0 Å². The van der Waals surface area contributed by atoms with Crippen LogP contribution in [0.2, 0.25) is 0 Å². The summed E-state index contributed by atoms with van der Waals surface area (Å²) in [4.78, 5) is 0. The zero-order valence-corrected chi connectivity index (χ0v) is 12.2. The van der Waals surface area contributed by atoms with Gasteiger partial charge in [0.15, 0.2) is 0 Å². The molecule has 0 aliphatic carbocycles. The Balaban J connectivity index is 1.98. The van der Waals surface area contributed by atoms with Gasteiger partial charge in [-0.1, -0.05) is 52.3 Å². The van der Waals surface area contributed by atoms with Gasteiger partial charge >= 0.3 is 0 Å². The molecule has 0 fully saturated rings. The fourth-order valence-corrected chi connectivity index (χ4v) is 2.73. The van der Waals surface area contributed by atoms with E-state index in [1.807, 2.05) is 28.8 Å². The number of fused-ring (bicyclic) bond motifs is 3. The van der Waals surface area contributed by atoms with Crippen LogP contribution in [0.25, 0.3) is 27.7 Å². The average Bonchev–Trinajstić information content (AvgIpc) is 2.92. The molecule has 0 amide bonds. The molecular formula is C17H11BrN2. The first-order valence-electron chi connectivity index (χ1n) is 6.45. The second-order valence-corrected chi connectivity index (χ2v) is 5.68. The zero-order valence-electron chi connectivity index (χ0n) is 10.6. The molecule has 0 bridgehead atoms. The largest absolute Gasteiger partial charge is 0.232 e. The molecule has 4 aromatic rings. The topological polar surface area (TPSA) is 17.3 Å². The summed E-state index contributed by atoms with van der Waals surface area (Å²) in [7, 11) is 0. The molecule has 0 radical (unpaired) electrons. The van der Waals surface area contributed by atoms with E-state index in [1.165, 1.54) is 5.39 Å². The SMILES string of the molecule is Brc1ccc(-c2cc3ccc4ccccc4n3n2)cc1. The minimum Gasteiger partial charge on any atom is -0.232 e. The van der Waals surface area contributed by atoms with Crippen LogP contribution in [0.3, 0.4) is 0 Å². The summed E-state index contributed by atoms with van der Waals surface area (Å²) in [6, 6.07) is 22.9.